The molecule has 0 aliphatic carbocycles. The van der Waals surface area contributed by atoms with Crippen LogP contribution < -0.4 is 0 Å². The second-order valence-corrected chi connectivity index (χ2v) is 4.18. The minimum atomic E-state index is -0.374. The average molecular weight is 252 g/mol. The van der Waals surface area contributed by atoms with Crippen molar-refractivity contribution >= 4 is 5.97 Å². The highest BCUT2D eigenvalue weighted by Gasteiger charge is 2.28. The molecule has 98 valence electrons. The normalized spacial score (nSPS) is 22.9. The maximum absolute atomic E-state index is 11.1. The fraction of sp³-hybridized carbons (Fsp3) is 0.462. The van der Waals surface area contributed by atoms with E-state index in [0.29, 0.717) is 13.0 Å². The van der Waals surface area contributed by atoms with Gasteiger partial charge in [0.1, 0.15) is 5.75 Å². The number of hydrogen-bond donors (Lipinski definition) is 1. The van der Waals surface area contributed by atoms with E-state index in [0.717, 1.165) is 5.56 Å². The van der Waals surface area contributed by atoms with Gasteiger partial charge in [-0.3, -0.25) is 4.79 Å². The molecule has 2 rings (SSSR count). The Morgan fingerprint density at radius 2 is 2.39 bits per heavy atom. The quantitative estimate of drug-likeness (QED) is 0.817. The van der Waals surface area contributed by atoms with Crippen molar-refractivity contribution in [1.29, 1.82) is 0 Å². The van der Waals surface area contributed by atoms with Crippen LogP contribution in [0.2, 0.25) is 0 Å². The van der Waals surface area contributed by atoms with Gasteiger partial charge >= 0.3 is 5.97 Å². The molecule has 2 atom stereocenters. The van der Waals surface area contributed by atoms with Crippen molar-refractivity contribution in [3.8, 4) is 5.75 Å². The van der Waals surface area contributed by atoms with Gasteiger partial charge in [-0.1, -0.05) is 12.1 Å². The van der Waals surface area contributed by atoms with Crippen LogP contribution in [0, 0.1) is 0 Å². The first-order chi connectivity index (χ1) is 8.67. The Hall–Kier alpha value is -1.59. The van der Waals surface area contributed by atoms with E-state index in [1.807, 2.05) is 6.07 Å². The third kappa shape index (κ3) is 3.45. The minimum Gasteiger partial charge on any atom is -0.508 e. The molecule has 1 aromatic rings. The number of esters is 1. The number of benzene rings is 1. The fourth-order valence-electron chi connectivity index (χ4n) is 1.87. The van der Waals surface area contributed by atoms with Crippen LogP contribution in [0.1, 0.15) is 12.0 Å². The molecule has 0 aromatic heterocycles. The summed E-state index contributed by atoms with van der Waals surface area (Å²) in [5.74, 6) is -0.0850. The smallest absolute Gasteiger partial charge is 0.308 e. The molecule has 0 spiro atoms. The van der Waals surface area contributed by atoms with Gasteiger partial charge < -0.3 is 19.3 Å². The molecule has 0 amide bonds. The second-order valence-electron chi connectivity index (χ2n) is 4.18. The molecule has 1 saturated heterocycles. The van der Waals surface area contributed by atoms with Crippen LogP contribution in [-0.4, -0.2) is 37.2 Å². The third-order valence-corrected chi connectivity index (χ3v) is 2.75. The predicted molar refractivity (Wildman–Crippen MR) is 63.1 cm³/mol. The van der Waals surface area contributed by atoms with Gasteiger partial charge in [0.2, 0.25) is 0 Å². The van der Waals surface area contributed by atoms with Crippen molar-refractivity contribution in [2.24, 2.45) is 0 Å². The Kier molecular flexibility index (Phi) is 4.17. The average Bonchev–Trinajstić information content (AvgIpc) is 2.76. The maximum Gasteiger partial charge on any atom is 0.308 e. The van der Waals surface area contributed by atoms with Gasteiger partial charge in [-0.15, -0.1) is 0 Å². The van der Waals surface area contributed by atoms with E-state index < -0.39 is 0 Å². The van der Waals surface area contributed by atoms with Crippen LogP contribution in [0.3, 0.4) is 0 Å². The molecule has 1 N–H and O–H groups in total. The van der Waals surface area contributed by atoms with Crippen LogP contribution in [0.25, 0.3) is 0 Å². The third-order valence-electron chi connectivity index (χ3n) is 2.75. The van der Waals surface area contributed by atoms with Gasteiger partial charge in [0.25, 0.3) is 0 Å². The summed E-state index contributed by atoms with van der Waals surface area (Å²) >= 11 is 0. The lowest BCUT2D eigenvalue weighted by Crippen LogP contribution is -2.18. The van der Waals surface area contributed by atoms with Crippen LogP contribution >= 0.6 is 0 Å². The monoisotopic (exact) mass is 252 g/mol. The van der Waals surface area contributed by atoms with Crippen LogP contribution in [0.15, 0.2) is 24.3 Å². The standard InChI is InChI=1S/C13H16O5/c1-16-12(15)7-11-8-17-13(18-11)6-9-3-2-4-10(14)5-9/h2-5,11,13-14H,6-8H2,1H3. The zero-order chi connectivity index (χ0) is 13.0. The minimum absolute atomic E-state index is 0.201. The Bertz CT molecular complexity index is 418. The lowest BCUT2D eigenvalue weighted by atomic mass is 10.1. The first kappa shape index (κ1) is 12.9. The van der Waals surface area contributed by atoms with Crippen molar-refractivity contribution in [2.75, 3.05) is 13.7 Å². The number of carbonyl (C=O) groups excluding carboxylic acids is 1. The van der Waals surface area contributed by atoms with Gasteiger partial charge in [0.05, 0.1) is 26.2 Å². The Balaban J connectivity index is 1.84. The molecular formula is C13H16O5. The lowest BCUT2D eigenvalue weighted by Gasteiger charge is -2.11. The summed E-state index contributed by atoms with van der Waals surface area (Å²) in [5.41, 5.74) is 0.929. The summed E-state index contributed by atoms with van der Waals surface area (Å²) < 4.78 is 15.6. The van der Waals surface area contributed by atoms with E-state index in [1.54, 1.807) is 18.2 Å². The fourth-order valence-corrected chi connectivity index (χ4v) is 1.87. The van der Waals surface area contributed by atoms with Crippen LogP contribution in [-0.2, 0) is 25.4 Å². The number of phenolic OH excluding ortho intramolecular Hbond substituents is 1. The summed E-state index contributed by atoms with van der Waals surface area (Å²) in [7, 11) is 1.35. The van der Waals surface area contributed by atoms with Crippen molar-refractivity contribution in [2.45, 2.75) is 25.2 Å². The SMILES string of the molecule is COC(=O)CC1COC(Cc2cccc(O)c2)O1. The molecule has 1 aromatic carbocycles. The zero-order valence-electron chi connectivity index (χ0n) is 10.2. The van der Waals surface area contributed by atoms with Crippen molar-refractivity contribution in [1.82, 2.24) is 0 Å². The van der Waals surface area contributed by atoms with E-state index in [-0.39, 0.29) is 30.5 Å². The number of hydrogen-bond acceptors (Lipinski definition) is 5. The van der Waals surface area contributed by atoms with Gasteiger partial charge in [0, 0.05) is 6.42 Å². The summed E-state index contributed by atoms with van der Waals surface area (Å²) in [5, 5.41) is 9.35. The van der Waals surface area contributed by atoms with Crippen LogP contribution in [0.5, 0.6) is 5.75 Å². The Morgan fingerprint density at radius 3 is 3.11 bits per heavy atom. The van der Waals surface area contributed by atoms with Crippen molar-refractivity contribution in [3.05, 3.63) is 29.8 Å². The topological polar surface area (TPSA) is 65.0 Å². The molecule has 1 aliphatic heterocycles. The number of phenols is 1. The molecule has 5 nitrogen and oxygen atoms in total. The molecule has 2 unspecified atom stereocenters. The number of carbonyl (C=O) groups is 1. The summed E-state index contributed by atoms with van der Waals surface area (Å²) in [6, 6.07) is 6.94. The van der Waals surface area contributed by atoms with Crippen molar-refractivity contribution in [3.63, 3.8) is 0 Å². The first-order valence-electron chi connectivity index (χ1n) is 5.79. The second kappa shape index (κ2) is 5.84. The predicted octanol–water partition coefficient (Wildman–Crippen LogP) is 1.24. The molecule has 0 radical (unpaired) electrons. The molecule has 1 heterocycles. The highest BCUT2D eigenvalue weighted by atomic mass is 16.7. The van der Waals surface area contributed by atoms with Gasteiger partial charge in [0.15, 0.2) is 6.29 Å². The van der Waals surface area contributed by atoms with E-state index in [1.165, 1.54) is 7.11 Å². The highest BCUT2D eigenvalue weighted by molar-refractivity contribution is 5.69. The zero-order valence-corrected chi connectivity index (χ0v) is 10.2. The molecular weight excluding hydrogens is 236 g/mol. The Morgan fingerprint density at radius 1 is 1.56 bits per heavy atom. The van der Waals surface area contributed by atoms with Gasteiger partial charge in [-0.25, -0.2) is 0 Å². The number of rotatable bonds is 4. The summed E-state index contributed by atoms with van der Waals surface area (Å²) in [6.45, 7) is 0.387. The number of aromatic hydroxyl groups is 1. The van der Waals surface area contributed by atoms with Gasteiger partial charge in [-0.05, 0) is 17.7 Å². The molecule has 1 aliphatic rings. The van der Waals surface area contributed by atoms with E-state index in [4.69, 9.17) is 9.47 Å². The summed E-state index contributed by atoms with van der Waals surface area (Å²) in [4.78, 5) is 11.1. The largest absolute Gasteiger partial charge is 0.508 e. The van der Waals surface area contributed by atoms with E-state index in [2.05, 4.69) is 4.74 Å². The number of methoxy groups -OCH3 is 1. The van der Waals surface area contributed by atoms with E-state index >= 15 is 0 Å². The van der Waals surface area contributed by atoms with Crippen LogP contribution in [0.4, 0.5) is 0 Å². The van der Waals surface area contributed by atoms with E-state index in [9.17, 15) is 9.90 Å². The highest BCUT2D eigenvalue weighted by Crippen LogP contribution is 2.20. The molecule has 0 saturated carbocycles. The Labute approximate surface area is 105 Å². The maximum atomic E-state index is 11.1. The molecule has 0 bridgehead atoms. The molecule has 1 fully saturated rings. The lowest BCUT2D eigenvalue weighted by molar-refractivity contribution is -0.143. The van der Waals surface area contributed by atoms with Gasteiger partial charge in [-0.2, -0.15) is 0 Å². The first-order valence-corrected chi connectivity index (χ1v) is 5.79. The summed E-state index contributed by atoms with van der Waals surface area (Å²) in [6.07, 6.45) is 0.125. The van der Waals surface area contributed by atoms with Crippen molar-refractivity contribution < 1.29 is 24.1 Å². The molecule has 18 heavy (non-hydrogen) atoms. The number of ether oxygens (including phenoxy) is 3. The molecule has 5 heteroatoms.